The molecule has 7 aromatic carbocycles. The number of aromatic nitrogens is 1. The molecule has 212 valence electrons. The molecule has 0 N–H and O–H groups in total. The zero-order valence-corrected chi connectivity index (χ0v) is 24.5. The van der Waals surface area contributed by atoms with Gasteiger partial charge in [-0.15, -0.1) is 0 Å². The minimum absolute atomic E-state index is 0.885. The Bertz CT molecular complexity index is 2490. The van der Waals surface area contributed by atoms with Crippen molar-refractivity contribution in [2.45, 2.75) is 0 Å². The number of furan rings is 1. The second-order valence-electron chi connectivity index (χ2n) is 11.4. The second-order valence-corrected chi connectivity index (χ2v) is 11.4. The topological polar surface area (TPSA) is 21.3 Å². The summed E-state index contributed by atoms with van der Waals surface area (Å²) < 4.78 is 8.60. The number of hydrogen-bond acceptors (Lipinski definition) is 2. The van der Waals surface area contributed by atoms with Gasteiger partial charge in [-0.1, -0.05) is 109 Å². The SMILES string of the molecule is c1ccc(-c2ccccc2N(c2ccc3oc4ccccc4c3c2)c2ccc3c4ccccc4n(-c4ccccc4)c3c2)cc1. The van der Waals surface area contributed by atoms with Crippen LogP contribution in [-0.4, -0.2) is 4.57 Å². The van der Waals surface area contributed by atoms with Gasteiger partial charge < -0.3 is 13.9 Å². The van der Waals surface area contributed by atoms with Crippen LogP contribution < -0.4 is 4.90 Å². The van der Waals surface area contributed by atoms with Gasteiger partial charge in [-0.05, 0) is 66.2 Å². The molecule has 2 heterocycles. The predicted octanol–water partition coefficient (Wildman–Crippen LogP) is 11.8. The molecule has 0 radical (unpaired) electrons. The smallest absolute Gasteiger partial charge is 0.135 e. The monoisotopic (exact) mass is 576 g/mol. The summed E-state index contributed by atoms with van der Waals surface area (Å²) in [6.45, 7) is 0. The number of benzene rings is 7. The van der Waals surface area contributed by atoms with Crippen molar-refractivity contribution in [2.24, 2.45) is 0 Å². The predicted molar refractivity (Wildman–Crippen MR) is 188 cm³/mol. The van der Waals surface area contributed by atoms with Crippen LogP contribution in [0.5, 0.6) is 0 Å². The second kappa shape index (κ2) is 10.3. The standard InChI is InChI=1S/C42H28N2O/c1-3-13-29(14-4-1)33-17-7-10-20-38(33)43(31-24-26-42-37(27-31)36-19-9-12-22-41(36)45-42)32-23-25-35-34-18-8-11-21-39(34)44(40(35)28-32)30-15-5-2-6-16-30/h1-28H. The van der Waals surface area contributed by atoms with Gasteiger partial charge in [-0.2, -0.15) is 0 Å². The summed E-state index contributed by atoms with van der Waals surface area (Å²) in [6, 6.07) is 60.3. The first-order valence-corrected chi connectivity index (χ1v) is 15.3. The summed E-state index contributed by atoms with van der Waals surface area (Å²) in [5.41, 5.74) is 10.9. The van der Waals surface area contributed by atoms with Gasteiger partial charge in [-0.25, -0.2) is 0 Å². The van der Waals surface area contributed by atoms with Gasteiger partial charge in [-0.3, -0.25) is 0 Å². The molecule has 45 heavy (non-hydrogen) atoms. The molecule has 0 unspecified atom stereocenters. The third kappa shape index (κ3) is 4.13. The maximum atomic E-state index is 6.23. The van der Waals surface area contributed by atoms with Crippen LogP contribution in [-0.2, 0) is 0 Å². The molecule has 0 atom stereocenters. The average molecular weight is 577 g/mol. The molecule has 3 nitrogen and oxygen atoms in total. The summed E-state index contributed by atoms with van der Waals surface area (Å²) in [5.74, 6) is 0. The van der Waals surface area contributed by atoms with E-state index in [-0.39, 0.29) is 0 Å². The quantitative estimate of drug-likeness (QED) is 0.203. The fraction of sp³-hybridized carbons (Fsp3) is 0. The highest BCUT2D eigenvalue weighted by Gasteiger charge is 2.21. The lowest BCUT2D eigenvalue weighted by Gasteiger charge is -2.28. The minimum Gasteiger partial charge on any atom is -0.456 e. The van der Waals surface area contributed by atoms with Crippen LogP contribution in [0.1, 0.15) is 0 Å². The minimum atomic E-state index is 0.885. The van der Waals surface area contributed by atoms with E-state index >= 15 is 0 Å². The fourth-order valence-electron chi connectivity index (χ4n) is 6.76. The maximum absolute atomic E-state index is 6.23. The zero-order chi connectivity index (χ0) is 29.7. The summed E-state index contributed by atoms with van der Waals surface area (Å²) in [6.07, 6.45) is 0. The van der Waals surface area contributed by atoms with E-state index in [9.17, 15) is 0 Å². The Hall–Kier alpha value is -6.06. The van der Waals surface area contributed by atoms with Gasteiger partial charge in [0.15, 0.2) is 0 Å². The summed E-state index contributed by atoms with van der Waals surface area (Å²) in [5, 5.41) is 4.69. The summed E-state index contributed by atoms with van der Waals surface area (Å²) in [7, 11) is 0. The molecular weight excluding hydrogens is 548 g/mol. The van der Waals surface area contributed by atoms with Crippen molar-refractivity contribution in [1.82, 2.24) is 4.57 Å². The van der Waals surface area contributed by atoms with Crippen LogP contribution >= 0.6 is 0 Å². The number of fused-ring (bicyclic) bond motifs is 6. The third-order valence-corrected chi connectivity index (χ3v) is 8.78. The molecule has 0 spiro atoms. The highest BCUT2D eigenvalue weighted by atomic mass is 16.3. The highest BCUT2D eigenvalue weighted by Crippen LogP contribution is 2.44. The number of anilines is 3. The van der Waals surface area contributed by atoms with E-state index in [1.165, 1.54) is 27.4 Å². The van der Waals surface area contributed by atoms with Crippen molar-refractivity contribution in [2.75, 3.05) is 4.90 Å². The Morgan fingerprint density at radius 1 is 0.422 bits per heavy atom. The van der Waals surface area contributed by atoms with Gasteiger partial charge in [0.25, 0.3) is 0 Å². The molecule has 0 amide bonds. The molecule has 0 aliphatic rings. The Kier molecular flexibility index (Phi) is 5.82. The maximum Gasteiger partial charge on any atom is 0.135 e. The number of rotatable bonds is 5. The molecule has 0 saturated heterocycles. The Morgan fingerprint density at radius 2 is 1.04 bits per heavy atom. The van der Waals surface area contributed by atoms with E-state index < -0.39 is 0 Å². The van der Waals surface area contributed by atoms with Gasteiger partial charge >= 0.3 is 0 Å². The first kappa shape index (κ1) is 25.4. The van der Waals surface area contributed by atoms with E-state index in [4.69, 9.17) is 4.42 Å². The van der Waals surface area contributed by atoms with Crippen LogP contribution in [0.4, 0.5) is 17.1 Å². The van der Waals surface area contributed by atoms with Gasteiger partial charge in [0.2, 0.25) is 0 Å². The van der Waals surface area contributed by atoms with Crippen molar-refractivity contribution < 1.29 is 4.42 Å². The molecule has 3 heteroatoms. The van der Waals surface area contributed by atoms with Gasteiger partial charge in [0.1, 0.15) is 11.2 Å². The molecule has 0 aliphatic carbocycles. The number of nitrogens with zero attached hydrogens (tertiary/aromatic N) is 2. The molecule has 0 bridgehead atoms. The Balaban J connectivity index is 1.34. The van der Waals surface area contributed by atoms with Crippen molar-refractivity contribution >= 4 is 60.8 Å². The van der Waals surface area contributed by atoms with Crippen LogP contribution in [0.3, 0.4) is 0 Å². The van der Waals surface area contributed by atoms with Crippen molar-refractivity contribution in [3.63, 3.8) is 0 Å². The summed E-state index contributed by atoms with van der Waals surface area (Å²) in [4.78, 5) is 2.38. The van der Waals surface area contributed by atoms with Gasteiger partial charge in [0, 0.05) is 44.2 Å². The molecular formula is C42H28N2O. The fourth-order valence-corrected chi connectivity index (χ4v) is 6.76. The third-order valence-electron chi connectivity index (χ3n) is 8.78. The number of hydrogen-bond donors (Lipinski definition) is 0. The van der Waals surface area contributed by atoms with Crippen molar-refractivity contribution in [3.05, 3.63) is 170 Å². The van der Waals surface area contributed by atoms with Crippen molar-refractivity contribution in [3.8, 4) is 16.8 Å². The van der Waals surface area contributed by atoms with E-state index in [0.29, 0.717) is 0 Å². The lowest BCUT2D eigenvalue weighted by Crippen LogP contribution is -2.11. The van der Waals surface area contributed by atoms with Crippen LogP contribution in [0.25, 0.3) is 60.6 Å². The van der Waals surface area contributed by atoms with Gasteiger partial charge in [0.05, 0.1) is 16.7 Å². The first-order valence-electron chi connectivity index (χ1n) is 15.3. The molecule has 0 fully saturated rings. The highest BCUT2D eigenvalue weighted by molar-refractivity contribution is 6.11. The van der Waals surface area contributed by atoms with Crippen LogP contribution in [0, 0.1) is 0 Å². The largest absolute Gasteiger partial charge is 0.456 e. The van der Waals surface area contributed by atoms with Crippen molar-refractivity contribution in [1.29, 1.82) is 0 Å². The van der Waals surface area contributed by atoms with E-state index in [0.717, 1.165) is 50.2 Å². The zero-order valence-electron chi connectivity index (χ0n) is 24.5. The van der Waals surface area contributed by atoms with E-state index in [2.05, 4.69) is 167 Å². The first-order chi connectivity index (χ1) is 22.3. The molecule has 0 aliphatic heterocycles. The lowest BCUT2D eigenvalue weighted by atomic mass is 10.0. The van der Waals surface area contributed by atoms with E-state index in [1.54, 1.807) is 0 Å². The Morgan fingerprint density at radius 3 is 1.91 bits per heavy atom. The lowest BCUT2D eigenvalue weighted by molar-refractivity contribution is 0.669. The molecule has 9 aromatic rings. The normalized spacial score (nSPS) is 11.6. The molecule has 2 aromatic heterocycles. The molecule has 0 saturated carbocycles. The van der Waals surface area contributed by atoms with E-state index in [1.807, 2.05) is 12.1 Å². The Labute approximate surface area is 260 Å². The van der Waals surface area contributed by atoms with Crippen LogP contribution in [0.2, 0.25) is 0 Å². The van der Waals surface area contributed by atoms with Crippen LogP contribution in [0.15, 0.2) is 174 Å². The average Bonchev–Trinajstić information content (AvgIpc) is 3.65. The number of para-hydroxylation sites is 4. The molecule has 9 rings (SSSR count). The summed E-state index contributed by atoms with van der Waals surface area (Å²) >= 11 is 0.